The van der Waals surface area contributed by atoms with Gasteiger partial charge in [0.15, 0.2) is 0 Å². The Labute approximate surface area is 233 Å². The van der Waals surface area contributed by atoms with E-state index in [4.69, 9.17) is 4.74 Å². The molecule has 0 aromatic heterocycles. The third-order valence-electron chi connectivity index (χ3n) is 8.83. The van der Waals surface area contributed by atoms with Crippen molar-refractivity contribution in [3.8, 4) is 0 Å². The summed E-state index contributed by atoms with van der Waals surface area (Å²) in [4.78, 5) is 0. The normalized spacial score (nSPS) is 25.3. The SMILES string of the molecule is CC1=C(C)C(C)(C)C(C2(C3=C([Si](C)(C)C)C(C)=C(C)C3(C)C)CCCO2)=C1[Si](C)(C)C.[Sm]. The predicted molar refractivity (Wildman–Crippen MR) is 143 cm³/mol. The largest absolute Gasteiger partial charge is 0.366 e. The van der Waals surface area contributed by atoms with Crippen molar-refractivity contribution in [2.24, 2.45) is 10.8 Å². The molecule has 1 aliphatic heterocycles. The summed E-state index contributed by atoms with van der Waals surface area (Å²) in [6.45, 7) is 35.5. The molecule has 0 saturated carbocycles. The molecule has 4 heteroatoms. The van der Waals surface area contributed by atoms with Crippen molar-refractivity contribution < 1.29 is 45.1 Å². The number of hydrogen-bond donors (Lipinski definition) is 0. The first kappa shape index (κ1) is 28.9. The van der Waals surface area contributed by atoms with Crippen LogP contribution in [0, 0.1) is 51.2 Å². The number of ether oxygens (including phenoxy) is 1. The smallest absolute Gasteiger partial charge is 0.112 e. The van der Waals surface area contributed by atoms with Gasteiger partial charge in [-0.3, -0.25) is 0 Å². The van der Waals surface area contributed by atoms with Gasteiger partial charge in [-0.1, -0.05) is 99.7 Å². The van der Waals surface area contributed by atoms with Crippen molar-refractivity contribution in [2.75, 3.05) is 6.61 Å². The molecule has 2 aliphatic carbocycles. The van der Waals surface area contributed by atoms with Crippen molar-refractivity contribution in [3.05, 3.63) is 43.8 Å². The van der Waals surface area contributed by atoms with E-state index in [1.165, 1.54) is 0 Å². The van der Waals surface area contributed by atoms with Crippen LogP contribution in [0.4, 0.5) is 0 Å². The maximum atomic E-state index is 7.10. The van der Waals surface area contributed by atoms with E-state index < -0.39 is 16.1 Å². The van der Waals surface area contributed by atoms with E-state index in [9.17, 15) is 0 Å². The molecule has 0 spiro atoms. The van der Waals surface area contributed by atoms with Crippen LogP contribution in [0.5, 0.6) is 0 Å². The third-order valence-corrected chi connectivity index (χ3v) is 13.1. The fourth-order valence-electron chi connectivity index (χ4n) is 7.13. The molecule has 1 fully saturated rings. The zero-order valence-corrected chi connectivity index (χ0v) is 28.1. The van der Waals surface area contributed by atoms with Crippen LogP contribution in [-0.4, -0.2) is 28.4 Å². The van der Waals surface area contributed by atoms with Gasteiger partial charge < -0.3 is 4.74 Å². The van der Waals surface area contributed by atoms with Gasteiger partial charge in [-0.15, -0.1) is 0 Å². The van der Waals surface area contributed by atoms with Gasteiger partial charge in [0.1, 0.15) is 5.60 Å². The Hall–Kier alpha value is 0.691. The van der Waals surface area contributed by atoms with Gasteiger partial charge in [0.2, 0.25) is 0 Å². The van der Waals surface area contributed by atoms with Crippen LogP contribution >= 0.6 is 0 Å². The van der Waals surface area contributed by atoms with Gasteiger partial charge in [0.25, 0.3) is 0 Å². The van der Waals surface area contributed by atoms with Crippen LogP contribution in [0.25, 0.3) is 0 Å². The molecular formula is C28H48OSi2Sm. The van der Waals surface area contributed by atoms with Crippen molar-refractivity contribution in [3.63, 3.8) is 0 Å². The molecule has 0 aromatic carbocycles. The van der Waals surface area contributed by atoms with Gasteiger partial charge in [-0.25, -0.2) is 0 Å². The Morgan fingerprint density at radius 3 is 1.25 bits per heavy atom. The zero-order valence-electron chi connectivity index (χ0n) is 23.4. The zero-order chi connectivity index (χ0) is 23.9. The monoisotopic (exact) mass is 608 g/mol. The Balaban J connectivity index is 0.00000363. The van der Waals surface area contributed by atoms with E-state index in [1.54, 1.807) is 43.8 Å². The molecule has 0 aromatic rings. The second-order valence-corrected chi connectivity index (χ2v) is 23.5. The first-order chi connectivity index (χ1) is 13.8. The summed E-state index contributed by atoms with van der Waals surface area (Å²) >= 11 is 0. The summed E-state index contributed by atoms with van der Waals surface area (Å²) in [7, 11) is -3.16. The van der Waals surface area contributed by atoms with Gasteiger partial charge in [-0.05, 0) is 51.7 Å². The first-order valence-electron chi connectivity index (χ1n) is 12.3. The minimum atomic E-state index is -1.58. The molecule has 0 unspecified atom stereocenters. The van der Waals surface area contributed by atoms with Crippen LogP contribution in [0.15, 0.2) is 43.8 Å². The molecule has 0 amide bonds. The molecule has 0 atom stereocenters. The molecule has 0 bridgehead atoms. The standard InChI is InChI=1S/C28H48OSi2.Sm/c1-18-20(3)26(5,6)24(22(18)30(9,10)11)28(16-15-17-29-28)25-23(31(12,13)14)19(2)21(4)27(25,7)8;/h15-17H2,1-14H3;. The maximum Gasteiger partial charge on any atom is 0.112 e. The molecule has 32 heavy (non-hydrogen) atoms. The fraction of sp³-hybridized carbons (Fsp3) is 0.714. The van der Waals surface area contributed by atoms with E-state index in [-0.39, 0.29) is 56.8 Å². The van der Waals surface area contributed by atoms with E-state index in [2.05, 4.69) is 94.7 Å². The summed E-state index contributed by atoms with van der Waals surface area (Å²) in [5, 5.41) is 3.38. The molecule has 180 valence electrons. The van der Waals surface area contributed by atoms with E-state index in [1.807, 2.05) is 0 Å². The van der Waals surface area contributed by atoms with E-state index in [0.29, 0.717) is 0 Å². The fourth-order valence-corrected chi connectivity index (χ4v) is 12.3. The van der Waals surface area contributed by atoms with Crippen LogP contribution in [0.3, 0.4) is 0 Å². The second-order valence-electron chi connectivity index (χ2n) is 13.5. The minimum absolute atomic E-state index is 0. The molecule has 3 aliphatic rings. The van der Waals surface area contributed by atoms with Crippen LogP contribution in [-0.2, 0) is 4.74 Å². The van der Waals surface area contributed by atoms with Crippen molar-refractivity contribution in [2.45, 2.75) is 113 Å². The van der Waals surface area contributed by atoms with Crippen molar-refractivity contribution in [1.29, 1.82) is 0 Å². The number of rotatable bonds is 4. The minimum Gasteiger partial charge on any atom is -0.366 e. The number of allylic oxidation sites excluding steroid dienone is 6. The average Bonchev–Trinajstić information content (AvgIpc) is 3.19. The second kappa shape index (κ2) is 8.67. The molecule has 1 heterocycles. The Morgan fingerprint density at radius 1 is 0.656 bits per heavy atom. The first-order valence-corrected chi connectivity index (χ1v) is 19.3. The summed E-state index contributed by atoms with van der Waals surface area (Å²) in [6.07, 6.45) is 2.29. The van der Waals surface area contributed by atoms with Gasteiger partial charge in [0.05, 0.1) is 16.1 Å². The Bertz CT molecular complexity index is 865. The Kier molecular flexibility index (Phi) is 7.83. The summed E-state index contributed by atoms with van der Waals surface area (Å²) in [5.74, 6) is 0. The summed E-state index contributed by atoms with van der Waals surface area (Å²) < 4.78 is 7.10. The van der Waals surface area contributed by atoms with Crippen LogP contribution in [0.2, 0.25) is 39.3 Å². The average molecular weight is 607 g/mol. The Morgan fingerprint density at radius 2 is 1.00 bits per heavy atom. The van der Waals surface area contributed by atoms with Crippen molar-refractivity contribution in [1.82, 2.24) is 0 Å². The quantitative estimate of drug-likeness (QED) is 0.291. The molecule has 0 N–H and O–H groups in total. The third kappa shape index (κ3) is 4.05. The van der Waals surface area contributed by atoms with Crippen LogP contribution < -0.4 is 0 Å². The van der Waals surface area contributed by atoms with Crippen LogP contribution in [0.1, 0.15) is 68.2 Å². The summed E-state index contributed by atoms with van der Waals surface area (Å²) in [5.41, 5.74) is 9.33. The van der Waals surface area contributed by atoms with Gasteiger partial charge in [-0.2, -0.15) is 0 Å². The predicted octanol–water partition coefficient (Wildman–Crippen LogP) is 8.64. The molecule has 1 nitrogen and oxygen atoms in total. The van der Waals surface area contributed by atoms with Crippen molar-refractivity contribution >= 4 is 16.1 Å². The summed E-state index contributed by atoms with van der Waals surface area (Å²) in [6, 6.07) is 0. The van der Waals surface area contributed by atoms with E-state index >= 15 is 0 Å². The molecule has 1 saturated heterocycles. The van der Waals surface area contributed by atoms with Gasteiger partial charge >= 0.3 is 0 Å². The van der Waals surface area contributed by atoms with Gasteiger partial charge in [0, 0.05) is 57.8 Å². The van der Waals surface area contributed by atoms with E-state index in [0.717, 1.165) is 19.4 Å². The number of hydrogen-bond acceptors (Lipinski definition) is 1. The maximum absolute atomic E-state index is 7.10. The molecular weight excluding hydrogens is 559 g/mol. The molecule has 3 rings (SSSR count). The molecule has 0 radical (unpaired) electrons. The topological polar surface area (TPSA) is 9.23 Å².